The normalized spacial score (nSPS) is 37.8. The van der Waals surface area contributed by atoms with Gasteiger partial charge in [-0.25, -0.2) is 0 Å². The highest BCUT2D eigenvalue weighted by Crippen LogP contribution is 2.59. The molecular weight excluding hydrogens is 1180 g/mol. The lowest BCUT2D eigenvalue weighted by molar-refractivity contribution is -0.193. The Morgan fingerprint density at radius 1 is 0.505 bits per heavy atom. The molecule has 0 spiro atoms. The van der Waals surface area contributed by atoms with Gasteiger partial charge < -0.3 is 42.6 Å². The second kappa shape index (κ2) is 33.5. The number of rotatable bonds is 23. The molecule has 0 aromatic heterocycles. The van der Waals surface area contributed by atoms with E-state index in [1.54, 1.807) is 0 Å². The smallest absolute Gasteiger partial charge is 0.311 e. The molecule has 15 saturated carbocycles. The standard InChI is InChI=1S/C26H38O6.C24H34O6.C21H34O5.5CH4/c1-4-25(2,3)24(29)32-21-10-15-8-19(21)20(9-15)23(28)31-14-30-13-26-11-16-5-17(12-26)7-18(6-16)22(26)27;1-3-12(2)23(26)30-20-9-14-6-17(20)18(7-14)24(27)29-11-28-22-16-5-13-4-15(10-16)21(25)19(22)8-13;1-3-14(2)20(22)26-19-11-16-9-17(19)18(10-16)21(23)25-13-24-12-15-7-5-4-6-8-15;;;;;/h15-21H,4-14H2,1-3H3;12-20,22H,3-11H2,1-2H3;14-19H,3-13H2,1-2H3;5*1H4. The third kappa shape index (κ3) is 17.3. The fraction of sp³-hybridized carbons (Fsp3) is 0.895. The molecule has 532 valence electrons. The molecule has 0 saturated heterocycles. The molecule has 0 amide bonds. The molecule has 0 heterocycles. The summed E-state index contributed by atoms with van der Waals surface area (Å²) >= 11 is 0. The minimum Gasteiger partial charge on any atom is -0.462 e. The second-order valence-electron chi connectivity index (χ2n) is 31.3. The Hall–Kier alpha value is -3.96. The van der Waals surface area contributed by atoms with Crippen LogP contribution in [0.25, 0.3) is 0 Å². The van der Waals surface area contributed by atoms with E-state index in [9.17, 15) is 38.4 Å². The Balaban J connectivity index is 0.000000217. The molecule has 0 radical (unpaired) electrons. The van der Waals surface area contributed by atoms with Crippen molar-refractivity contribution in [2.24, 2.45) is 123 Å². The Labute approximate surface area is 559 Å². The van der Waals surface area contributed by atoms with E-state index in [0.29, 0.717) is 72.1 Å². The highest BCUT2D eigenvalue weighted by molar-refractivity contribution is 5.89. The fourth-order valence-corrected chi connectivity index (χ4v) is 19.8. The number of ketones is 2. The molecule has 14 bridgehead atoms. The van der Waals surface area contributed by atoms with Crippen LogP contribution < -0.4 is 0 Å². The van der Waals surface area contributed by atoms with Crippen LogP contribution in [-0.4, -0.2) is 105 Å². The maximum Gasteiger partial charge on any atom is 0.311 e. The van der Waals surface area contributed by atoms with E-state index in [1.165, 1.54) is 38.5 Å². The largest absolute Gasteiger partial charge is 0.462 e. The van der Waals surface area contributed by atoms with Crippen molar-refractivity contribution in [2.45, 2.75) is 277 Å². The van der Waals surface area contributed by atoms with Crippen LogP contribution in [0.5, 0.6) is 0 Å². The number of ether oxygens (including phenoxy) is 9. The summed E-state index contributed by atoms with van der Waals surface area (Å²) < 4.78 is 51.1. The zero-order valence-electron chi connectivity index (χ0n) is 54.1. The topological polar surface area (TPSA) is 220 Å². The number of carbonyl (C=O) groups excluding carboxylic acids is 8. The van der Waals surface area contributed by atoms with Crippen LogP contribution >= 0.6 is 0 Å². The van der Waals surface area contributed by atoms with Gasteiger partial charge in [-0.15, -0.1) is 0 Å². The number of Topliss-reactive ketones (excluding diaryl/α,β-unsaturated/α-hetero) is 2. The maximum absolute atomic E-state index is 12.9. The first-order valence-corrected chi connectivity index (χ1v) is 35.2. The van der Waals surface area contributed by atoms with E-state index in [2.05, 4.69) is 0 Å². The van der Waals surface area contributed by atoms with E-state index in [1.807, 2.05) is 48.5 Å². The SMILES string of the molecule is C.C.C.C.C.CCC(C)(C)C(=O)OC1CC2CC(C(=O)OCOCC34CC5CC(CC(C5)C3=O)C4)C1C2.CCC(C)C(=O)OC1CC2CC(C(=O)OCOC3C4CC5CC(C4)C(=O)C3C5)C1C2.CCC(C)C(=O)OC1CC2CC(C(=O)OCOCC3CCCCC3)C1C2. The number of esters is 6. The predicted octanol–water partition coefficient (Wildman–Crippen LogP) is 15.1. The van der Waals surface area contributed by atoms with Crippen molar-refractivity contribution in [3.63, 3.8) is 0 Å². The summed E-state index contributed by atoms with van der Waals surface area (Å²) in [6, 6.07) is 0. The molecule has 0 aromatic carbocycles. The third-order valence-electron chi connectivity index (χ3n) is 25.1. The van der Waals surface area contributed by atoms with Gasteiger partial charge in [0.25, 0.3) is 0 Å². The van der Waals surface area contributed by atoms with Crippen molar-refractivity contribution in [3.8, 4) is 0 Å². The molecule has 0 aromatic rings. The van der Waals surface area contributed by atoms with E-state index in [0.717, 1.165) is 128 Å². The molecule has 0 aliphatic heterocycles. The minimum atomic E-state index is -0.500. The van der Waals surface area contributed by atoms with E-state index in [4.69, 9.17) is 42.6 Å². The first-order chi connectivity index (χ1) is 42.2. The van der Waals surface area contributed by atoms with Crippen LogP contribution in [-0.2, 0) is 81.0 Å². The molecule has 15 fully saturated rings. The molecule has 15 aliphatic rings. The van der Waals surface area contributed by atoms with Crippen molar-refractivity contribution >= 4 is 47.4 Å². The predicted molar refractivity (Wildman–Crippen MR) is 354 cm³/mol. The highest BCUT2D eigenvalue weighted by Gasteiger charge is 2.59. The maximum atomic E-state index is 12.9. The van der Waals surface area contributed by atoms with Crippen LogP contribution in [0.2, 0.25) is 0 Å². The summed E-state index contributed by atoms with van der Waals surface area (Å²) in [4.78, 5) is 100. The Morgan fingerprint density at radius 2 is 0.968 bits per heavy atom. The first kappa shape index (κ1) is 78.0. The summed E-state index contributed by atoms with van der Waals surface area (Å²) in [5, 5.41) is 0. The van der Waals surface area contributed by atoms with Crippen molar-refractivity contribution in [3.05, 3.63) is 0 Å². The van der Waals surface area contributed by atoms with Crippen molar-refractivity contribution in [2.75, 3.05) is 33.6 Å². The summed E-state index contributed by atoms with van der Waals surface area (Å²) in [5.41, 5.74) is -0.834. The number of fused-ring (bicyclic) bond motifs is 6. The highest BCUT2D eigenvalue weighted by atomic mass is 16.7. The molecule has 0 N–H and O–H groups in total. The van der Waals surface area contributed by atoms with Gasteiger partial charge in [-0.1, -0.05) is 91.0 Å². The third-order valence-corrected chi connectivity index (χ3v) is 25.1. The molecule has 15 rings (SSSR count). The van der Waals surface area contributed by atoms with Crippen LogP contribution in [0.1, 0.15) is 253 Å². The van der Waals surface area contributed by atoms with Crippen molar-refractivity contribution < 1.29 is 81.0 Å². The zero-order valence-corrected chi connectivity index (χ0v) is 54.1. The molecule has 93 heavy (non-hydrogen) atoms. The molecule has 15 aliphatic carbocycles. The molecule has 17 heteroatoms. The van der Waals surface area contributed by atoms with Gasteiger partial charge in [0, 0.05) is 35.5 Å². The number of hydrogen-bond donors (Lipinski definition) is 0. The van der Waals surface area contributed by atoms with Crippen LogP contribution in [0, 0.1) is 123 Å². The summed E-state index contributed by atoms with van der Waals surface area (Å²) in [5.74, 6) is 4.06. The average Bonchev–Trinajstić information content (AvgIpc) is 1.74. The number of carbonyl (C=O) groups is 8. The van der Waals surface area contributed by atoms with Crippen molar-refractivity contribution in [1.29, 1.82) is 0 Å². The lowest BCUT2D eigenvalue weighted by atomic mass is 9.49. The van der Waals surface area contributed by atoms with Gasteiger partial charge in [-0.05, 0) is 209 Å². The lowest BCUT2D eigenvalue weighted by Gasteiger charge is -2.55. The van der Waals surface area contributed by atoms with E-state index >= 15 is 0 Å². The van der Waals surface area contributed by atoms with Gasteiger partial charge in [-0.2, -0.15) is 0 Å². The zero-order chi connectivity index (χ0) is 62.2. The molecule has 21 unspecified atom stereocenters. The fourth-order valence-electron chi connectivity index (χ4n) is 19.8. The molecule has 21 atom stereocenters. The van der Waals surface area contributed by atoms with Crippen LogP contribution in [0.15, 0.2) is 0 Å². The minimum absolute atomic E-state index is 0. The molecular formula is C76H126O17. The Kier molecular flexibility index (Phi) is 28.1. The van der Waals surface area contributed by atoms with Gasteiger partial charge in [0.05, 0.1) is 59.7 Å². The van der Waals surface area contributed by atoms with Gasteiger partial charge in [0.2, 0.25) is 0 Å². The van der Waals surface area contributed by atoms with E-state index in [-0.39, 0.29) is 188 Å². The van der Waals surface area contributed by atoms with Crippen LogP contribution in [0.4, 0.5) is 0 Å². The van der Waals surface area contributed by atoms with Gasteiger partial charge >= 0.3 is 35.8 Å². The van der Waals surface area contributed by atoms with E-state index < -0.39 is 5.41 Å². The monoisotopic (exact) mass is 1310 g/mol. The summed E-state index contributed by atoms with van der Waals surface area (Å²) in [6.07, 6.45) is 25.4. The second-order valence-corrected chi connectivity index (χ2v) is 31.3. The Morgan fingerprint density at radius 3 is 1.45 bits per heavy atom. The van der Waals surface area contributed by atoms with Gasteiger partial charge in [0.1, 0.15) is 29.9 Å². The van der Waals surface area contributed by atoms with Crippen LogP contribution in [0.3, 0.4) is 0 Å². The number of hydrogen-bond acceptors (Lipinski definition) is 17. The van der Waals surface area contributed by atoms with Crippen molar-refractivity contribution in [1.82, 2.24) is 0 Å². The quantitative estimate of drug-likeness (QED) is 0.0402. The lowest BCUT2D eigenvalue weighted by Crippen LogP contribution is -2.55. The van der Waals surface area contributed by atoms with Gasteiger partial charge in [0.15, 0.2) is 20.4 Å². The average molecular weight is 1310 g/mol. The summed E-state index contributed by atoms with van der Waals surface area (Å²) in [7, 11) is 0. The summed E-state index contributed by atoms with van der Waals surface area (Å²) in [6.45, 7) is 14.5. The van der Waals surface area contributed by atoms with Gasteiger partial charge in [-0.3, -0.25) is 38.4 Å². The molecule has 17 nitrogen and oxygen atoms in total. The Bertz CT molecular complexity index is 2510. The first-order valence-electron chi connectivity index (χ1n) is 35.2.